The van der Waals surface area contributed by atoms with E-state index in [1.807, 2.05) is 0 Å². The number of hydrogen-bond donors (Lipinski definition) is 2. The lowest BCUT2D eigenvalue weighted by Crippen LogP contribution is -2.67. The molecular weight excluding hydrogens is 245 g/mol. The molecule has 0 radical (unpaired) electrons. The van der Waals surface area contributed by atoms with E-state index in [9.17, 15) is 9.50 Å². The maximum absolute atomic E-state index is 13.4. The largest absolute Gasteiger partial charge is 0.505 e. The van der Waals surface area contributed by atoms with E-state index in [2.05, 4.69) is 19.2 Å². The summed E-state index contributed by atoms with van der Waals surface area (Å²) >= 11 is 0. The molecule has 0 spiro atoms. The molecule has 3 atom stereocenters. The molecule has 1 aromatic carbocycles. The molecule has 1 saturated carbocycles. The summed E-state index contributed by atoms with van der Waals surface area (Å²) in [5.41, 5.74) is 0.775. The van der Waals surface area contributed by atoms with E-state index >= 15 is 0 Å². The van der Waals surface area contributed by atoms with Crippen molar-refractivity contribution in [2.75, 3.05) is 11.9 Å². The summed E-state index contributed by atoms with van der Waals surface area (Å²) in [5.74, 6) is -0.392. The Labute approximate surface area is 112 Å². The zero-order chi connectivity index (χ0) is 13.6. The number of halogens is 1. The Kier molecular flexibility index (Phi) is 2.93. The van der Waals surface area contributed by atoms with Gasteiger partial charge in [0.2, 0.25) is 0 Å². The molecule has 19 heavy (non-hydrogen) atoms. The molecule has 2 N–H and O–H groups in total. The lowest BCUT2D eigenvalue weighted by molar-refractivity contribution is -0.177. The number of rotatable bonds is 2. The highest BCUT2D eigenvalue weighted by atomic mass is 19.1. The third-order valence-corrected chi connectivity index (χ3v) is 4.60. The second-order valence-corrected chi connectivity index (χ2v) is 6.21. The van der Waals surface area contributed by atoms with Gasteiger partial charge in [-0.1, -0.05) is 13.8 Å². The van der Waals surface area contributed by atoms with Gasteiger partial charge in [-0.25, -0.2) is 4.39 Å². The molecule has 1 saturated heterocycles. The van der Waals surface area contributed by atoms with Gasteiger partial charge < -0.3 is 15.2 Å². The van der Waals surface area contributed by atoms with E-state index in [0.717, 1.165) is 25.1 Å². The van der Waals surface area contributed by atoms with E-state index in [1.165, 1.54) is 12.1 Å². The molecule has 3 unspecified atom stereocenters. The molecule has 4 heteroatoms. The Morgan fingerprint density at radius 3 is 2.95 bits per heavy atom. The van der Waals surface area contributed by atoms with Gasteiger partial charge in [0.05, 0.1) is 6.10 Å². The minimum atomic E-state index is -0.585. The van der Waals surface area contributed by atoms with Crippen molar-refractivity contribution in [3.05, 3.63) is 24.0 Å². The minimum absolute atomic E-state index is 0.0550. The third-order valence-electron chi connectivity index (χ3n) is 4.60. The summed E-state index contributed by atoms with van der Waals surface area (Å²) in [4.78, 5) is 0. The zero-order valence-electron chi connectivity index (χ0n) is 11.3. The number of nitrogens with one attached hydrogen (secondary N) is 1. The summed E-state index contributed by atoms with van der Waals surface area (Å²) in [5, 5.41) is 12.6. The van der Waals surface area contributed by atoms with E-state index in [0.29, 0.717) is 18.1 Å². The van der Waals surface area contributed by atoms with Gasteiger partial charge in [0.1, 0.15) is 0 Å². The summed E-state index contributed by atoms with van der Waals surface area (Å²) < 4.78 is 19.2. The van der Waals surface area contributed by atoms with E-state index in [4.69, 9.17) is 4.74 Å². The fraction of sp³-hybridized carbons (Fsp3) is 0.600. The van der Waals surface area contributed by atoms with Gasteiger partial charge in [-0.05, 0) is 25.0 Å². The van der Waals surface area contributed by atoms with Crippen LogP contribution in [0.2, 0.25) is 0 Å². The zero-order valence-corrected chi connectivity index (χ0v) is 11.3. The highest BCUT2D eigenvalue weighted by molar-refractivity contribution is 5.49. The minimum Gasteiger partial charge on any atom is -0.505 e. The maximum Gasteiger partial charge on any atom is 0.166 e. The van der Waals surface area contributed by atoms with Crippen LogP contribution in [0.1, 0.15) is 26.7 Å². The van der Waals surface area contributed by atoms with Crippen molar-refractivity contribution >= 4 is 5.69 Å². The van der Waals surface area contributed by atoms with Gasteiger partial charge in [-0.15, -0.1) is 0 Å². The van der Waals surface area contributed by atoms with Gasteiger partial charge in [0.15, 0.2) is 11.6 Å². The average molecular weight is 265 g/mol. The van der Waals surface area contributed by atoms with Crippen molar-refractivity contribution < 1.29 is 14.2 Å². The number of fused-ring (bicyclic) bond motifs is 1. The molecule has 2 fully saturated rings. The lowest BCUT2D eigenvalue weighted by atomic mass is 9.55. The lowest BCUT2D eigenvalue weighted by Gasteiger charge is -2.60. The molecule has 3 rings (SSSR count). The highest BCUT2D eigenvalue weighted by Gasteiger charge is 2.57. The van der Waals surface area contributed by atoms with Crippen LogP contribution in [-0.4, -0.2) is 23.9 Å². The summed E-state index contributed by atoms with van der Waals surface area (Å²) in [6.45, 7) is 5.23. The van der Waals surface area contributed by atoms with Gasteiger partial charge in [-0.2, -0.15) is 0 Å². The Morgan fingerprint density at radius 1 is 1.42 bits per heavy atom. The molecule has 1 heterocycles. The van der Waals surface area contributed by atoms with Gasteiger partial charge >= 0.3 is 0 Å². The predicted molar refractivity (Wildman–Crippen MR) is 71.7 cm³/mol. The van der Waals surface area contributed by atoms with Crippen molar-refractivity contribution in [3.8, 4) is 5.75 Å². The van der Waals surface area contributed by atoms with Crippen LogP contribution < -0.4 is 5.32 Å². The fourth-order valence-corrected chi connectivity index (χ4v) is 3.59. The van der Waals surface area contributed by atoms with E-state index < -0.39 is 5.82 Å². The molecule has 1 aliphatic heterocycles. The Bertz CT molecular complexity index is 489. The first kappa shape index (κ1) is 12.7. The van der Waals surface area contributed by atoms with Crippen molar-refractivity contribution in [2.45, 2.75) is 38.8 Å². The molecule has 3 nitrogen and oxygen atoms in total. The van der Waals surface area contributed by atoms with Gasteiger partial charge in [-0.3, -0.25) is 0 Å². The summed E-state index contributed by atoms with van der Waals surface area (Å²) in [7, 11) is 0. The van der Waals surface area contributed by atoms with Crippen molar-refractivity contribution in [1.29, 1.82) is 0 Å². The molecule has 1 aliphatic carbocycles. The Morgan fingerprint density at radius 2 is 2.21 bits per heavy atom. The van der Waals surface area contributed by atoms with Crippen LogP contribution in [0.15, 0.2) is 18.2 Å². The molecule has 104 valence electrons. The van der Waals surface area contributed by atoms with Gasteiger partial charge in [0, 0.05) is 35.7 Å². The van der Waals surface area contributed by atoms with E-state index in [1.54, 1.807) is 6.07 Å². The second kappa shape index (κ2) is 4.37. The number of anilines is 1. The molecule has 0 bridgehead atoms. The van der Waals surface area contributed by atoms with Crippen LogP contribution in [0.4, 0.5) is 10.1 Å². The van der Waals surface area contributed by atoms with Crippen molar-refractivity contribution in [3.63, 3.8) is 0 Å². The van der Waals surface area contributed by atoms with Gasteiger partial charge in [0.25, 0.3) is 0 Å². The van der Waals surface area contributed by atoms with Crippen LogP contribution in [0.3, 0.4) is 0 Å². The molecule has 1 aromatic rings. The number of aromatic hydroxyl groups is 1. The smallest absolute Gasteiger partial charge is 0.166 e. The highest BCUT2D eigenvalue weighted by Crippen LogP contribution is 2.52. The quantitative estimate of drug-likeness (QED) is 0.807. The summed E-state index contributed by atoms with van der Waals surface area (Å²) in [6, 6.07) is 4.74. The first-order valence-electron chi connectivity index (χ1n) is 6.87. The third kappa shape index (κ3) is 1.98. The van der Waals surface area contributed by atoms with Crippen LogP contribution >= 0.6 is 0 Å². The number of benzene rings is 1. The molecule has 0 amide bonds. The topological polar surface area (TPSA) is 41.5 Å². The molecule has 2 aliphatic rings. The maximum atomic E-state index is 13.4. The summed E-state index contributed by atoms with van der Waals surface area (Å²) in [6.07, 6.45) is 2.56. The van der Waals surface area contributed by atoms with Crippen molar-refractivity contribution in [1.82, 2.24) is 0 Å². The standard InChI is InChI=1S/C15H20FNO2/c1-15(2)13(10-4-3-7-19-14(10)15)17-9-5-6-12(18)11(16)8-9/h5-6,8,10,13-14,17-18H,3-4,7H2,1-2H3. The van der Waals surface area contributed by atoms with Crippen molar-refractivity contribution in [2.24, 2.45) is 11.3 Å². The number of ether oxygens (including phenoxy) is 1. The monoisotopic (exact) mass is 265 g/mol. The Hall–Kier alpha value is -1.29. The fourth-order valence-electron chi connectivity index (χ4n) is 3.59. The number of hydrogen-bond acceptors (Lipinski definition) is 3. The van der Waals surface area contributed by atoms with E-state index in [-0.39, 0.29) is 11.2 Å². The number of phenols is 1. The second-order valence-electron chi connectivity index (χ2n) is 6.21. The number of phenolic OH excluding ortho intramolecular Hbond substituents is 1. The van der Waals surface area contributed by atoms with Crippen LogP contribution in [0.5, 0.6) is 5.75 Å². The first-order valence-corrected chi connectivity index (χ1v) is 6.87. The normalized spacial score (nSPS) is 32.3. The SMILES string of the molecule is CC1(C)C(Nc2ccc(O)c(F)c2)C2CCCOC21. The first-order chi connectivity index (χ1) is 9.00. The van der Waals surface area contributed by atoms with Crippen LogP contribution in [0, 0.1) is 17.2 Å². The predicted octanol–water partition coefficient (Wildman–Crippen LogP) is 3.15. The Balaban J connectivity index is 1.77. The molecular formula is C15H20FNO2. The van der Waals surface area contributed by atoms with Crippen LogP contribution in [0.25, 0.3) is 0 Å². The van der Waals surface area contributed by atoms with Crippen LogP contribution in [-0.2, 0) is 4.74 Å². The average Bonchev–Trinajstić information content (AvgIpc) is 2.40. The molecule has 0 aromatic heterocycles.